The summed E-state index contributed by atoms with van der Waals surface area (Å²) in [6.07, 6.45) is 15.7. The molecule has 4 N–H and O–H groups in total. The molecule has 40 heavy (non-hydrogen) atoms. The molecule has 4 aliphatic rings. The minimum absolute atomic E-state index is 0.0182. The summed E-state index contributed by atoms with van der Waals surface area (Å²) in [7, 11) is 0. The number of amides is 1. The predicted octanol–water partition coefficient (Wildman–Crippen LogP) is 4.22. The molecule has 6 rings (SSSR count). The van der Waals surface area contributed by atoms with E-state index in [9.17, 15) is 9.90 Å². The van der Waals surface area contributed by atoms with Gasteiger partial charge in [-0.3, -0.25) is 10.7 Å². The summed E-state index contributed by atoms with van der Waals surface area (Å²) >= 11 is 0. The fourth-order valence-corrected chi connectivity index (χ4v) is 7.01. The molecule has 0 bridgehead atoms. The Morgan fingerprint density at radius 3 is 2.62 bits per heavy atom. The fourth-order valence-electron chi connectivity index (χ4n) is 7.01. The number of carboxylic acid groups (broad SMARTS) is 1. The lowest BCUT2D eigenvalue weighted by Crippen LogP contribution is -2.49. The van der Waals surface area contributed by atoms with Gasteiger partial charge in [0.05, 0.1) is 18.8 Å². The van der Waals surface area contributed by atoms with Gasteiger partial charge in [-0.15, -0.1) is 12.3 Å². The maximum Gasteiger partial charge on any atom is 0.410 e. The highest BCUT2D eigenvalue weighted by Crippen LogP contribution is 2.38. The van der Waals surface area contributed by atoms with Gasteiger partial charge < -0.3 is 24.6 Å². The number of rotatable bonds is 7. The second-order valence-electron chi connectivity index (χ2n) is 12.0. The van der Waals surface area contributed by atoms with Crippen molar-refractivity contribution in [2.24, 2.45) is 17.8 Å². The summed E-state index contributed by atoms with van der Waals surface area (Å²) in [6.45, 7) is 4.38. The molecular weight excluding hydrogens is 508 g/mol. The SMILES string of the molecule is C#C[C@H]1CC[C@H](Cn2c(N3CCOC4CCCC43)nc3nc(C(=N)NC(=O)O)nc(N[C@H](C)C4CCC4)c32)CC1. The van der Waals surface area contributed by atoms with Crippen molar-refractivity contribution in [3.8, 4) is 12.3 Å². The van der Waals surface area contributed by atoms with Crippen LogP contribution in [0.4, 0.5) is 16.6 Å². The Morgan fingerprint density at radius 1 is 1.15 bits per heavy atom. The minimum atomic E-state index is -1.32. The van der Waals surface area contributed by atoms with Crippen LogP contribution in [0.5, 0.6) is 0 Å². The molecule has 2 unspecified atom stereocenters. The van der Waals surface area contributed by atoms with Gasteiger partial charge in [-0.1, -0.05) is 6.42 Å². The van der Waals surface area contributed by atoms with E-state index in [2.05, 4.69) is 37.9 Å². The number of hydrogen-bond acceptors (Lipinski definition) is 8. The quantitative estimate of drug-likeness (QED) is 0.229. The van der Waals surface area contributed by atoms with Crippen molar-refractivity contribution in [1.29, 1.82) is 5.41 Å². The zero-order valence-corrected chi connectivity index (χ0v) is 23.2. The van der Waals surface area contributed by atoms with Crippen LogP contribution in [-0.4, -0.2) is 67.9 Å². The highest BCUT2D eigenvalue weighted by atomic mass is 16.5. The third-order valence-corrected chi connectivity index (χ3v) is 9.52. The number of ether oxygens (including phenoxy) is 1. The Bertz CT molecular complexity index is 1310. The Kier molecular flexibility index (Phi) is 7.53. The van der Waals surface area contributed by atoms with Crippen molar-refractivity contribution in [2.45, 2.75) is 95.9 Å². The number of aromatic nitrogens is 4. The zero-order chi connectivity index (χ0) is 27.8. The number of amidine groups is 1. The number of carbonyl (C=O) groups is 1. The van der Waals surface area contributed by atoms with Gasteiger partial charge in [0.2, 0.25) is 5.95 Å². The van der Waals surface area contributed by atoms with Crippen molar-refractivity contribution in [2.75, 3.05) is 23.4 Å². The van der Waals surface area contributed by atoms with E-state index in [1.807, 2.05) is 0 Å². The molecule has 214 valence electrons. The van der Waals surface area contributed by atoms with Crippen molar-refractivity contribution in [3.05, 3.63) is 5.82 Å². The minimum Gasteiger partial charge on any atom is -0.465 e. The van der Waals surface area contributed by atoms with E-state index in [1.165, 1.54) is 19.3 Å². The topological polar surface area (TPSA) is 141 Å². The molecule has 11 nitrogen and oxygen atoms in total. The fraction of sp³-hybridized carbons (Fsp3) is 0.690. The van der Waals surface area contributed by atoms with E-state index in [1.54, 1.807) is 0 Å². The van der Waals surface area contributed by atoms with E-state index < -0.39 is 6.09 Å². The average Bonchev–Trinajstić information content (AvgIpc) is 3.52. The third-order valence-electron chi connectivity index (χ3n) is 9.52. The normalized spacial score (nSPS) is 27.4. The first-order valence-corrected chi connectivity index (χ1v) is 14.9. The Labute approximate surface area is 235 Å². The van der Waals surface area contributed by atoms with E-state index in [4.69, 9.17) is 26.5 Å². The van der Waals surface area contributed by atoms with E-state index >= 15 is 0 Å². The number of hydrogen-bond donors (Lipinski definition) is 4. The summed E-state index contributed by atoms with van der Waals surface area (Å²) < 4.78 is 8.42. The predicted molar refractivity (Wildman–Crippen MR) is 153 cm³/mol. The van der Waals surface area contributed by atoms with Gasteiger partial charge in [0.1, 0.15) is 5.52 Å². The number of imidazole rings is 1. The van der Waals surface area contributed by atoms with Crippen LogP contribution in [0.2, 0.25) is 0 Å². The number of nitrogens with zero attached hydrogens (tertiary/aromatic N) is 5. The molecule has 3 heterocycles. The average molecular weight is 549 g/mol. The lowest BCUT2D eigenvalue weighted by Gasteiger charge is -2.39. The Balaban J connectivity index is 1.45. The molecule has 3 aliphatic carbocycles. The molecule has 1 aliphatic heterocycles. The van der Waals surface area contributed by atoms with Gasteiger partial charge in [0.25, 0.3) is 0 Å². The van der Waals surface area contributed by atoms with Crippen LogP contribution >= 0.6 is 0 Å². The monoisotopic (exact) mass is 548 g/mol. The van der Waals surface area contributed by atoms with E-state index in [0.717, 1.165) is 69.5 Å². The number of nitrogens with one attached hydrogen (secondary N) is 3. The van der Waals surface area contributed by atoms with Gasteiger partial charge >= 0.3 is 6.09 Å². The Morgan fingerprint density at radius 2 is 1.93 bits per heavy atom. The van der Waals surface area contributed by atoms with Crippen LogP contribution in [0, 0.1) is 35.5 Å². The Hall–Kier alpha value is -3.39. The highest BCUT2D eigenvalue weighted by molar-refractivity contribution is 6.03. The standard InChI is InChI=1S/C29H40N8O3/c1-3-18-10-12-19(13-11-18)16-37-23-25(31-17(2)20-6-4-7-20)33-27(24(30)32-29(38)39)34-26(23)35-28(37)36-14-15-40-22-9-5-8-21(22)36/h1,17-22H,4-16H2,2H3,(H2,30,32)(H,38,39)(H,31,33,34)/t17-,18-,19-,21?,22?/m1/s1. The van der Waals surface area contributed by atoms with Crippen LogP contribution in [0.1, 0.15) is 77.0 Å². The molecule has 1 amide bonds. The second kappa shape index (κ2) is 11.2. The van der Waals surface area contributed by atoms with Crippen molar-refractivity contribution in [1.82, 2.24) is 24.8 Å². The molecule has 2 aromatic rings. The smallest absolute Gasteiger partial charge is 0.410 e. The van der Waals surface area contributed by atoms with Crippen LogP contribution in [-0.2, 0) is 11.3 Å². The van der Waals surface area contributed by atoms with Crippen LogP contribution in [0.3, 0.4) is 0 Å². The number of terminal acetylenes is 1. The molecule has 3 atom stereocenters. The molecule has 0 aromatic carbocycles. The van der Waals surface area contributed by atoms with E-state index in [0.29, 0.717) is 35.8 Å². The lowest BCUT2D eigenvalue weighted by atomic mass is 9.80. The summed E-state index contributed by atoms with van der Waals surface area (Å²) in [5.41, 5.74) is 1.31. The largest absolute Gasteiger partial charge is 0.465 e. The van der Waals surface area contributed by atoms with Gasteiger partial charge in [0, 0.05) is 25.0 Å². The van der Waals surface area contributed by atoms with Crippen LogP contribution < -0.4 is 15.5 Å². The number of fused-ring (bicyclic) bond motifs is 2. The molecule has 1 saturated heterocycles. The molecule has 3 saturated carbocycles. The first-order valence-electron chi connectivity index (χ1n) is 14.9. The molecule has 0 spiro atoms. The third kappa shape index (κ3) is 5.21. The van der Waals surface area contributed by atoms with Crippen molar-refractivity contribution < 1.29 is 14.6 Å². The molecule has 2 aromatic heterocycles. The summed E-state index contributed by atoms with van der Waals surface area (Å²) in [4.78, 5) is 28.2. The summed E-state index contributed by atoms with van der Waals surface area (Å²) in [5, 5.41) is 23.3. The van der Waals surface area contributed by atoms with Crippen molar-refractivity contribution in [3.63, 3.8) is 0 Å². The van der Waals surface area contributed by atoms with Crippen molar-refractivity contribution >= 4 is 34.9 Å². The zero-order valence-electron chi connectivity index (χ0n) is 23.2. The molecule has 4 fully saturated rings. The number of anilines is 2. The molecule has 11 heteroatoms. The van der Waals surface area contributed by atoms with Gasteiger partial charge in [-0.25, -0.2) is 14.8 Å². The van der Waals surface area contributed by atoms with Gasteiger partial charge in [0.15, 0.2) is 23.1 Å². The first kappa shape index (κ1) is 26.8. The van der Waals surface area contributed by atoms with E-state index in [-0.39, 0.29) is 29.8 Å². The summed E-state index contributed by atoms with van der Waals surface area (Å²) in [6, 6.07) is 0.452. The maximum absolute atomic E-state index is 11.3. The highest BCUT2D eigenvalue weighted by Gasteiger charge is 2.39. The second-order valence-corrected chi connectivity index (χ2v) is 12.0. The van der Waals surface area contributed by atoms with Crippen LogP contribution in [0.15, 0.2) is 0 Å². The summed E-state index contributed by atoms with van der Waals surface area (Å²) in [5.74, 6) is 5.46. The molecule has 0 radical (unpaired) electrons. The molecular formula is C29H40N8O3. The maximum atomic E-state index is 11.3. The lowest BCUT2D eigenvalue weighted by molar-refractivity contribution is 0.0247. The van der Waals surface area contributed by atoms with Gasteiger partial charge in [-0.05, 0) is 76.5 Å². The van der Waals surface area contributed by atoms with Crippen LogP contribution in [0.25, 0.3) is 11.2 Å². The number of morpholine rings is 1. The van der Waals surface area contributed by atoms with Gasteiger partial charge in [-0.2, -0.15) is 4.98 Å². The first-order chi connectivity index (χ1) is 19.4.